The first-order valence-electron chi connectivity index (χ1n) is 8.86. The van der Waals surface area contributed by atoms with Crippen molar-refractivity contribution >= 4 is 21.7 Å². The van der Waals surface area contributed by atoms with E-state index in [2.05, 4.69) is 0 Å². The van der Waals surface area contributed by atoms with Gasteiger partial charge in [0, 0.05) is 37.5 Å². The van der Waals surface area contributed by atoms with Crippen molar-refractivity contribution in [1.29, 1.82) is 0 Å². The third kappa shape index (κ3) is 3.93. The van der Waals surface area contributed by atoms with Gasteiger partial charge in [-0.1, -0.05) is 0 Å². The Bertz CT molecular complexity index is 880. The van der Waals surface area contributed by atoms with Crippen molar-refractivity contribution in [2.24, 2.45) is 5.92 Å². The number of carbonyl (C=O) groups excluding carboxylic acids is 1. The highest BCUT2D eigenvalue weighted by Crippen LogP contribution is 2.37. The smallest absolute Gasteiger partial charge is 0.300 e. The predicted molar refractivity (Wildman–Crippen MR) is 100 cm³/mol. The molecule has 1 amide bonds. The Kier molecular flexibility index (Phi) is 5.53. The fourth-order valence-corrected chi connectivity index (χ4v) is 6.42. The van der Waals surface area contributed by atoms with E-state index in [0.717, 1.165) is 6.92 Å². The minimum Gasteiger partial charge on any atom is -0.481 e. The van der Waals surface area contributed by atoms with E-state index in [-0.39, 0.29) is 37.0 Å². The summed E-state index contributed by atoms with van der Waals surface area (Å²) in [5.41, 5.74) is 0.498. The molecule has 3 aliphatic heterocycles. The number of sulfone groups is 1. The summed E-state index contributed by atoms with van der Waals surface area (Å²) in [4.78, 5) is 25.4. The molecule has 0 aromatic heterocycles. The third-order valence-electron chi connectivity index (χ3n) is 5.24. The van der Waals surface area contributed by atoms with Crippen molar-refractivity contribution in [2.45, 2.75) is 18.2 Å². The zero-order chi connectivity index (χ0) is 20.6. The van der Waals surface area contributed by atoms with Crippen LogP contribution in [0.15, 0.2) is 18.2 Å². The van der Waals surface area contributed by atoms with Gasteiger partial charge in [0.2, 0.25) is 6.79 Å². The van der Waals surface area contributed by atoms with Gasteiger partial charge in [-0.25, -0.2) is 8.42 Å². The summed E-state index contributed by atoms with van der Waals surface area (Å²) in [7, 11) is 0.631. The van der Waals surface area contributed by atoms with Gasteiger partial charge in [-0.05, 0) is 32.3 Å². The lowest BCUT2D eigenvalue weighted by molar-refractivity contribution is -0.134. The summed E-state index contributed by atoms with van der Waals surface area (Å²) in [6.45, 7) is 1.98. The molecule has 2 saturated heterocycles. The van der Waals surface area contributed by atoms with Gasteiger partial charge < -0.3 is 24.4 Å². The summed E-state index contributed by atoms with van der Waals surface area (Å²) in [5, 5.41) is 6.96. The number of carboxylic acid groups (broad SMARTS) is 1. The monoisotopic (exact) mass is 412 g/mol. The number of aliphatic carboxylic acids is 1. The van der Waals surface area contributed by atoms with Gasteiger partial charge in [-0.15, -0.1) is 0 Å². The quantitative estimate of drug-likeness (QED) is 0.738. The van der Waals surface area contributed by atoms with Crippen LogP contribution in [-0.2, 0) is 14.6 Å². The molecule has 1 N–H and O–H groups in total. The maximum absolute atomic E-state index is 12.8. The van der Waals surface area contributed by atoms with Crippen molar-refractivity contribution in [1.82, 2.24) is 9.80 Å². The molecule has 1 aromatic rings. The molecule has 10 heteroatoms. The van der Waals surface area contributed by atoms with Gasteiger partial charge in [-0.2, -0.15) is 0 Å². The maximum atomic E-state index is 12.8. The Morgan fingerprint density at radius 1 is 1.18 bits per heavy atom. The second kappa shape index (κ2) is 7.59. The number of nitrogens with zero attached hydrogens (tertiary/aromatic N) is 2. The van der Waals surface area contributed by atoms with Gasteiger partial charge in [0.25, 0.3) is 11.9 Å². The first kappa shape index (κ1) is 20.4. The minimum absolute atomic E-state index is 0.0250. The standard InChI is InChI=1S/C16H20N2O5S.C2H4O2/c1-17(2)12-8-24(20,21)15-7-18(6-11(12)15)16(19)10-3-4-13-14(5-10)23-9-22-13;1-2(3)4/h3-5,11-12,15H,6-9H2,1-2H3;1H3,(H,3,4)/t11-,12+,15-;/m0./s1. The molecule has 154 valence electrons. The van der Waals surface area contributed by atoms with Crippen LogP contribution in [0.1, 0.15) is 17.3 Å². The predicted octanol–water partition coefficient (Wildman–Crippen LogP) is 0.305. The average molecular weight is 412 g/mol. The molecule has 1 aromatic carbocycles. The van der Waals surface area contributed by atoms with E-state index < -0.39 is 21.1 Å². The van der Waals surface area contributed by atoms with Crippen LogP contribution in [0.2, 0.25) is 0 Å². The van der Waals surface area contributed by atoms with Crippen LogP contribution in [0, 0.1) is 5.92 Å². The number of rotatable bonds is 2. The van der Waals surface area contributed by atoms with Crippen molar-refractivity contribution < 1.29 is 32.6 Å². The highest BCUT2D eigenvalue weighted by atomic mass is 32.2. The van der Waals surface area contributed by atoms with E-state index in [0.29, 0.717) is 23.6 Å². The molecule has 2 fully saturated rings. The van der Waals surface area contributed by atoms with Crippen molar-refractivity contribution in [3.8, 4) is 11.5 Å². The highest BCUT2D eigenvalue weighted by molar-refractivity contribution is 7.92. The van der Waals surface area contributed by atoms with Crippen LogP contribution in [0.25, 0.3) is 0 Å². The molecule has 0 aliphatic carbocycles. The molecular formula is C18H24N2O7S. The lowest BCUT2D eigenvalue weighted by atomic mass is 10.00. The number of carboxylic acids is 1. The van der Waals surface area contributed by atoms with Crippen LogP contribution in [-0.4, -0.2) is 86.2 Å². The number of carbonyl (C=O) groups is 2. The Balaban J connectivity index is 0.000000516. The lowest BCUT2D eigenvalue weighted by Gasteiger charge is -2.25. The van der Waals surface area contributed by atoms with E-state index >= 15 is 0 Å². The van der Waals surface area contributed by atoms with E-state index in [1.807, 2.05) is 19.0 Å². The molecule has 0 radical (unpaired) electrons. The molecule has 0 bridgehead atoms. The second-order valence-electron chi connectivity index (χ2n) is 7.36. The van der Waals surface area contributed by atoms with E-state index in [4.69, 9.17) is 19.4 Å². The largest absolute Gasteiger partial charge is 0.481 e. The Labute approximate surface area is 163 Å². The van der Waals surface area contributed by atoms with Crippen LogP contribution in [0.3, 0.4) is 0 Å². The molecule has 0 saturated carbocycles. The van der Waals surface area contributed by atoms with Crippen LogP contribution in [0.5, 0.6) is 11.5 Å². The number of benzene rings is 1. The molecule has 28 heavy (non-hydrogen) atoms. The summed E-state index contributed by atoms with van der Waals surface area (Å²) in [6.07, 6.45) is 0. The first-order valence-corrected chi connectivity index (χ1v) is 10.6. The molecule has 9 nitrogen and oxygen atoms in total. The molecule has 3 atom stereocenters. The molecule has 3 aliphatic rings. The highest BCUT2D eigenvalue weighted by Gasteiger charge is 2.53. The average Bonchev–Trinajstić information content (AvgIpc) is 3.29. The number of hydrogen-bond donors (Lipinski definition) is 1. The zero-order valence-electron chi connectivity index (χ0n) is 16.0. The summed E-state index contributed by atoms with van der Waals surface area (Å²) in [5.74, 6) is 0.346. The van der Waals surface area contributed by atoms with Crippen LogP contribution < -0.4 is 9.47 Å². The SMILES string of the molecule is CC(=O)O.CN(C)[C@@H]1CS(=O)(=O)[C@H]2CN(C(=O)c3ccc4c(c3)OCO4)C[C@@H]12. The van der Waals surface area contributed by atoms with Crippen molar-refractivity contribution in [3.05, 3.63) is 23.8 Å². The van der Waals surface area contributed by atoms with Gasteiger partial charge >= 0.3 is 0 Å². The summed E-state index contributed by atoms with van der Waals surface area (Å²) in [6, 6.07) is 5.04. The van der Waals surface area contributed by atoms with Crippen LogP contribution >= 0.6 is 0 Å². The van der Waals surface area contributed by atoms with E-state index in [9.17, 15) is 13.2 Å². The van der Waals surface area contributed by atoms with Gasteiger partial charge in [0.15, 0.2) is 21.3 Å². The fourth-order valence-electron chi connectivity index (χ4n) is 3.94. The topological polar surface area (TPSA) is 113 Å². The Morgan fingerprint density at radius 2 is 1.82 bits per heavy atom. The normalized spacial score (nSPS) is 26.6. The molecule has 0 unspecified atom stereocenters. The van der Waals surface area contributed by atoms with Crippen molar-refractivity contribution in [3.63, 3.8) is 0 Å². The Morgan fingerprint density at radius 3 is 2.46 bits per heavy atom. The first-order chi connectivity index (χ1) is 13.1. The summed E-state index contributed by atoms with van der Waals surface area (Å²) < 4.78 is 35.4. The summed E-state index contributed by atoms with van der Waals surface area (Å²) >= 11 is 0. The van der Waals surface area contributed by atoms with Crippen molar-refractivity contribution in [2.75, 3.05) is 39.7 Å². The lowest BCUT2D eigenvalue weighted by Crippen LogP contribution is -2.38. The second-order valence-corrected chi connectivity index (χ2v) is 9.62. The molecular weight excluding hydrogens is 388 g/mol. The molecule has 4 rings (SSSR count). The number of amides is 1. The van der Waals surface area contributed by atoms with E-state index in [1.165, 1.54) is 0 Å². The maximum Gasteiger partial charge on any atom is 0.300 e. The number of ether oxygens (including phenoxy) is 2. The van der Waals surface area contributed by atoms with Crippen LogP contribution in [0.4, 0.5) is 0 Å². The third-order valence-corrected chi connectivity index (χ3v) is 7.46. The van der Waals surface area contributed by atoms with Gasteiger partial charge in [0.1, 0.15) is 0 Å². The minimum atomic E-state index is -3.16. The zero-order valence-corrected chi connectivity index (χ0v) is 16.8. The number of hydrogen-bond acceptors (Lipinski definition) is 7. The number of likely N-dealkylation sites (tertiary alicyclic amines) is 1. The van der Waals surface area contributed by atoms with Gasteiger partial charge in [0.05, 0.1) is 11.0 Å². The van der Waals surface area contributed by atoms with E-state index in [1.54, 1.807) is 23.1 Å². The fraction of sp³-hybridized carbons (Fsp3) is 0.556. The van der Waals surface area contributed by atoms with Gasteiger partial charge in [-0.3, -0.25) is 9.59 Å². The number of fused-ring (bicyclic) bond motifs is 2. The Hall–Kier alpha value is -2.33. The molecule has 3 heterocycles. The molecule has 0 spiro atoms.